The summed E-state index contributed by atoms with van der Waals surface area (Å²) >= 11 is 5.99. The third-order valence-electron chi connectivity index (χ3n) is 2.30. The van der Waals surface area contributed by atoms with Crippen LogP contribution in [0.25, 0.3) is 0 Å². The van der Waals surface area contributed by atoms with E-state index < -0.39 is 6.10 Å². The minimum Gasteiger partial charge on any atom is -0.491 e. The van der Waals surface area contributed by atoms with E-state index in [1.165, 1.54) is 0 Å². The van der Waals surface area contributed by atoms with Crippen LogP contribution >= 0.6 is 11.6 Å². The number of hydrogen-bond donors (Lipinski definition) is 2. The van der Waals surface area contributed by atoms with Crippen molar-refractivity contribution in [3.8, 4) is 5.75 Å². The van der Waals surface area contributed by atoms with Crippen LogP contribution in [0.15, 0.2) is 18.2 Å². The van der Waals surface area contributed by atoms with Gasteiger partial charge in [0, 0.05) is 7.05 Å². The molecule has 17 heavy (non-hydrogen) atoms. The van der Waals surface area contributed by atoms with Crippen molar-refractivity contribution in [2.45, 2.75) is 19.4 Å². The van der Waals surface area contributed by atoms with Gasteiger partial charge in [-0.2, -0.15) is 0 Å². The number of aliphatic hydroxyl groups is 1. The smallest absolute Gasteiger partial charge is 0.223 e. The number of aliphatic hydroxyl groups excluding tert-OH is 1. The molecule has 0 fully saturated rings. The van der Waals surface area contributed by atoms with Gasteiger partial charge in [-0.05, 0) is 24.6 Å². The fourth-order valence-electron chi connectivity index (χ4n) is 1.27. The number of benzene rings is 1. The number of amides is 1. The standard InChI is InChI=1S/C12H16ClNO3/c1-8(15)9-3-4-11(10(13)7-9)17-6-5-12(16)14-2/h3-4,7-8,15H,5-6H2,1-2H3,(H,14,16)/t8-/m1/s1. The summed E-state index contributed by atoms with van der Waals surface area (Å²) in [6, 6.07) is 5.08. The summed E-state index contributed by atoms with van der Waals surface area (Å²) in [5.74, 6) is 0.432. The quantitative estimate of drug-likeness (QED) is 0.847. The maximum absolute atomic E-state index is 11.0. The summed E-state index contributed by atoms with van der Waals surface area (Å²) < 4.78 is 5.37. The second-order valence-corrected chi connectivity index (χ2v) is 4.04. The molecule has 0 bridgehead atoms. The third-order valence-corrected chi connectivity index (χ3v) is 2.60. The van der Waals surface area contributed by atoms with Crippen LogP contribution in [-0.4, -0.2) is 24.7 Å². The molecule has 0 aliphatic heterocycles. The highest BCUT2D eigenvalue weighted by atomic mass is 35.5. The molecule has 5 heteroatoms. The first-order valence-corrected chi connectivity index (χ1v) is 5.73. The van der Waals surface area contributed by atoms with Gasteiger partial charge in [0.2, 0.25) is 5.91 Å². The largest absolute Gasteiger partial charge is 0.491 e. The summed E-state index contributed by atoms with van der Waals surface area (Å²) in [5.41, 5.74) is 0.730. The number of rotatable bonds is 5. The van der Waals surface area contributed by atoms with E-state index in [1.54, 1.807) is 32.2 Å². The molecule has 1 rings (SSSR count). The van der Waals surface area contributed by atoms with Crippen molar-refractivity contribution in [3.63, 3.8) is 0 Å². The Balaban J connectivity index is 2.57. The van der Waals surface area contributed by atoms with Crippen LogP contribution in [0.4, 0.5) is 0 Å². The van der Waals surface area contributed by atoms with E-state index in [1.807, 2.05) is 0 Å². The number of halogens is 1. The number of carbonyl (C=O) groups is 1. The van der Waals surface area contributed by atoms with Gasteiger partial charge in [0.1, 0.15) is 5.75 Å². The van der Waals surface area contributed by atoms with Crippen LogP contribution in [0.2, 0.25) is 5.02 Å². The predicted molar refractivity (Wildman–Crippen MR) is 66.3 cm³/mol. The number of ether oxygens (including phenoxy) is 1. The van der Waals surface area contributed by atoms with E-state index >= 15 is 0 Å². The van der Waals surface area contributed by atoms with Gasteiger partial charge in [-0.3, -0.25) is 4.79 Å². The molecule has 0 saturated carbocycles. The minimum absolute atomic E-state index is 0.0817. The van der Waals surface area contributed by atoms with Crippen molar-refractivity contribution in [3.05, 3.63) is 28.8 Å². The highest BCUT2D eigenvalue weighted by Crippen LogP contribution is 2.27. The van der Waals surface area contributed by atoms with E-state index in [-0.39, 0.29) is 18.9 Å². The average molecular weight is 258 g/mol. The monoisotopic (exact) mass is 257 g/mol. The summed E-state index contributed by atoms with van der Waals surface area (Å²) in [5, 5.41) is 12.3. The zero-order valence-corrected chi connectivity index (χ0v) is 10.6. The fourth-order valence-corrected chi connectivity index (χ4v) is 1.52. The van der Waals surface area contributed by atoms with Crippen LogP contribution in [0.5, 0.6) is 5.75 Å². The van der Waals surface area contributed by atoms with Gasteiger partial charge in [-0.15, -0.1) is 0 Å². The van der Waals surface area contributed by atoms with Crippen molar-refractivity contribution in [1.82, 2.24) is 5.32 Å². The van der Waals surface area contributed by atoms with Crippen molar-refractivity contribution in [1.29, 1.82) is 0 Å². The zero-order valence-electron chi connectivity index (χ0n) is 9.87. The Kier molecular flexibility index (Phi) is 5.25. The Hall–Kier alpha value is -1.26. The Morgan fingerprint density at radius 1 is 1.59 bits per heavy atom. The lowest BCUT2D eigenvalue weighted by Gasteiger charge is -2.10. The molecule has 1 aromatic carbocycles. The molecule has 0 unspecified atom stereocenters. The Bertz CT molecular complexity index is 393. The minimum atomic E-state index is -0.563. The normalized spacial score (nSPS) is 12.0. The molecular formula is C12H16ClNO3. The first kappa shape index (κ1) is 13.8. The van der Waals surface area contributed by atoms with Gasteiger partial charge < -0.3 is 15.2 Å². The lowest BCUT2D eigenvalue weighted by Crippen LogP contribution is -2.20. The molecule has 1 aromatic rings. The van der Waals surface area contributed by atoms with Crippen LogP contribution in [0.3, 0.4) is 0 Å². The van der Waals surface area contributed by atoms with Crippen molar-refractivity contribution in [2.75, 3.05) is 13.7 Å². The van der Waals surface area contributed by atoms with Crippen LogP contribution < -0.4 is 10.1 Å². The highest BCUT2D eigenvalue weighted by molar-refractivity contribution is 6.32. The number of carbonyl (C=O) groups excluding carboxylic acids is 1. The van der Waals surface area contributed by atoms with Gasteiger partial charge in [0.15, 0.2) is 0 Å². The highest BCUT2D eigenvalue weighted by Gasteiger charge is 2.07. The van der Waals surface area contributed by atoms with Gasteiger partial charge in [0.05, 0.1) is 24.2 Å². The maximum Gasteiger partial charge on any atom is 0.223 e. The average Bonchev–Trinajstić information content (AvgIpc) is 2.30. The summed E-state index contributed by atoms with van der Waals surface area (Å²) in [6.07, 6.45) is -0.280. The van der Waals surface area contributed by atoms with Crippen LogP contribution in [0.1, 0.15) is 25.0 Å². The van der Waals surface area contributed by atoms with E-state index in [0.717, 1.165) is 5.56 Å². The summed E-state index contributed by atoms with van der Waals surface area (Å²) in [4.78, 5) is 11.0. The van der Waals surface area contributed by atoms with Crippen LogP contribution in [-0.2, 0) is 4.79 Å². The molecule has 94 valence electrons. The second kappa shape index (κ2) is 6.47. The van der Waals surface area contributed by atoms with E-state index in [4.69, 9.17) is 16.3 Å². The lowest BCUT2D eigenvalue weighted by atomic mass is 10.1. The number of nitrogens with one attached hydrogen (secondary N) is 1. The molecule has 0 heterocycles. The molecule has 0 spiro atoms. The van der Waals surface area contributed by atoms with Gasteiger partial charge >= 0.3 is 0 Å². The Morgan fingerprint density at radius 2 is 2.29 bits per heavy atom. The maximum atomic E-state index is 11.0. The summed E-state index contributed by atoms with van der Waals surface area (Å²) in [7, 11) is 1.58. The van der Waals surface area contributed by atoms with Crippen molar-refractivity contribution in [2.24, 2.45) is 0 Å². The van der Waals surface area contributed by atoms with Gasteiger partial charge in [-0.25, -0.2) is 0 Å². The van der Waals surface area contributed by atoms with E-state index in [9.17, 15) is 9.90 Å². The molecular weight excluding hydrogens is 242 g/mol. The van der Waals surface area contributed by atoms with Gasteiger partial charge in [0.25, 0.3) is 0 Å². The van der Waals surface area contributed by atoms with Crippen molar-refractivity contribution >= 4 is 17.5 Å². The Labute approximate surface area is 106 Å². The topological polar surface area (TPSA) is 58.6 Å². The molecule has 0 aliphatic carbocycles. The molecule has 2 N–H and O–H groups in total. The van der Waals surface area contributed by atoms with E-state index in [2.05, 4.69) is 5.32 Å². The molecule has 0 saturated heterocycles. The molecule has 1 amide bonds. The summed E-state index contributed by atoms with van der Waals surface area (Å²) in [6.45, 7) is 1.94. The first-order chi connectivity index (χ1) is 8.04. The SMILES string of the molecule is CNC(=O)CCOc1ccc([C@@H](C)O)cc1Cl. The lowest BCUT2D eigenvalue weighted by molar-refractivity contribution is -0.121. The first-order valence-electron chi connectivity index (χ1n) is 5.35. The predicted octanol–water partition coefficient (Wildman–Crippen LogP) is 1.91. The van der Waals surface area contributed by atoms with Gasteiger partial charge in [-0.1, -0.05) is 17.7 Å². The van der Waals surface area contributed by atoms with Crippen LogP contribution in [0, 0.1) is 0 Å². The fraction of sp³-hybridized carbons (Fsp3) is 0.417. The van der Waals surface area contributed by atoms with Crippen molar-refractivity contribution < 1.29 is 14.6 Å². The number of hydrogen-bond acceptors (Lipinski definition) is 3. The molecule has 0 aliphatic rings. The molecule has 1 atom stereocenters. The Morgan fingerprint density at radius 3 is 2.82 bits per heavy atom. The molecule has 0 aromatic heterocycles. The molecule has 4 nitrogen and oxygen atoms in total. The second-order valence-electron chi connectivity index (χ2n) is 3.64. The molecule has 0 radical (unpaired) electrons. The zero-order chi connectivity index (χ0) is 12.8. The third kappa shape index (κ3) is 4.24. The van der Waals surface area contributed by atoms with E-state index in [0.29, 0.717) is 10.8 Å².